The highest BCUT2D eigenvalue weighted by atomic mass is 19.2. The number of rotatable bonds is 2. The predicted molar refractivity (Wildman–Crippen MR) is 84.7 cm³/mol. The van der Waals surface area contributed by atoms with Gasteiger partial charge in [0.15, 0.2) is 11.6 Å². The Morgan fingerprint density at radius 3 is 2.30 bits per heavy atom. The van der Waals surface area contributed by atoms with E-state index in [1.165, 1.54) is 0 Å². The van der Waals surface area contributed by atoms with Crippen molar-refractivity contribution in [3.63, 3.8) is 0 Å². The van der Waals surface area contributed by atoms with Gasteiger partial charge in [0.25, 0.3) is 0 Å². The van der Waals surface area contributed by atoms with Crippen molar-refractivity contribution >= 4 is 11.0 Å². The first kappa shape index (κ1) is 13.6. The fourth-order valence-electron chi connectivity index (χ4n) is 2.50. The summed E-state index contributed by atoms with van der Waals surface area (Å²) in [6.45, 7) is 0. The van der Waals surface area contributed by atoms with Gasteiger partial charge in [0.2, 0.25) is 0 Å². The van der Waals surface area contributed by atoms with E-state index < -0.39 is 11.6 Å². The molecule has 0 saturated heterocycles. The Balaban J connectivity index is 1.73. The van der Waals surface area contributed by atoms with Crippen molar-refractivity contribution in [2.45, 2.75) is 0 Å². The van der Waals surface area contributed by atoms with E-state index in [-0.39, 0.29) is 0 Å². The smallest absolute Gasteiger partial charge is 0.161 e. The van der Waals surface area contributed by atoms with Gasteiger partial charge in [-0.15, -0.1) is 0 Å². The molecule has 2 heterocycles. The van der Waals surface area contributed by atoms with Crippen molar-refractivity contribution < 1.29 is 8.78 Å². The highest BCUT2D eigenvalue weighted by Gasteiger charge is 2.10. The Labute approximate surface area is 130 Å². The van der Waals surface area contributed by atoms with E-state index in [0.29, 0.717) is 16.9 Å². The highest BCUT2D eigenvalue weighted by Crippen LogP contribution is 2.25. The number of pyridine rings is 1. The Morgan fingerprint density at radius 2 is 1.57 bits per heavy atom. The number of aromatic amines is 1. The van der Waals surface area contributed by atoms with Crippen LogP contribution in [-0.2, 0) is 0 Å². The Bertz CT molecular complexity index is 938. The molecule has 2 aromatic heterocycles. The van der Waals surface area contributed by atoms with Gasteiger partial charge in [0.05, 0.1) is 11.0 Å². The van der Waals surface area contributed by atoms with Crippen LogP contribution >= 0.6 is 0 Å². The number of nitrogens with zero attached hydrogens (tertiary/aromatic N) is 2. The largest absolute Gasteiger partial charge is 0.338 e. The van der Waals surface area contributed by atoms with Crippen LogP contribution in [0, 0.1) is 11.6 Å². The third-order valence-electron chi connectivity index (χ3n) is 3.68. The summed E-state index contributed by atoms with van der Waals surface area (Å²) in [6.07, 6.45) is 3.52. The van der Waals surface area contributed by atoms with E-state index in [0.717, 1.165) is 28.8 Å². The molecule has 0 amide bonds. The number of nitrogens with one attached hydrogen (secondary N) is 1. The molecule has 1 N–H and O–H groups in total. The lowest BCUT2D eigenvalue weighted by Crippen LogP contribution is -1.82. The second-order valence-electron chi connectivity index (χ2n) is 5.19. The molecule has 0 aliphatic carbocycles. The molecule has 112 valence electrons. The molecular formula is C18H11F2N3. The highest BCUT2D eigenvalue weighted by molar-refractivity contribution is 5.80. The molecule has 4 rings (SSSR count). The van der Waals surface area contributed by atoms with Gasteiger partial charge >= 0.3 is 0 Å². The average Bonchev–Trinajstić information content (AvgIpc) is 2.99. The minimum absolute atomic E-state index is 0.398. The summed E-state index contributed by atoms with van der Waals surface area (Å²) in [7, 11) is 0. The predicted octanol–water partition coefficient (Wildman–Crippen LogP) is 4.57. The molecule has 0 aliphatic heterocycles. The Hall–Kier alpha value is -3.08. The van der Waals surface area contributed by atoms with Crippen LogP contribution in [0.3, 0.4) is 0 Å². The standard InChI is InChI=1S/C18H11F2N3/c19-14-8-16-17(9-15(14)20)23-18(22-16)12-5-3-11(4-6-12)13-2-1-7-21-10-13/h1-10H,(H,22,23). The third kappa shape index (κ3) is 2.46. The minimum atomic E-state index is -0.900. The molecule has 0 atom stereocenters. The normalized spacial score (nSPS) is 11.0. The Morgan fingerprint density at radius 1 is 0.826 bits per heavy atom. The van der Waals surface area contributed by atoms with Gasteiger partial charge in [-0.1, -0.05) is 30.3 Å². The zero-order chi connectivity index (χ0) is 15.8. The summed E-state index contributed by atoms with van der Waals surface area (Å²) in [5.41, 5.74) is 3.77. The van der Waals surface area contributed by atoms with Crippen LogP contribution in [0.2, 0.25) is 0 Å². The molecule has 0 spiro atoms. The van der Waals surface area contributed by atoms with Crippen LogP contribution in [0.5, 0.6) is 0 Å². The lowest BCUT2D eigenvalue weighted by molar-refractivity contribution is 0.510. The Kier molecular flexibility index (Phi) is 3.12. The first-order chi connectivity index (χ1) is 11.2. The van der Waals surface area contributed by atoms with Crippen molar-refractivity contribution in [1.82, 2.24) is 15.0 Å². The second-order valence-corrected chi connectivity index (χ2v) is 5.19. The first-order valence-corrected chi connectivity index (χ1v) is 7.06. The zero-order valence-electron chi connectivity index (χ0n) is 11.9. The maximum atomic E-state index is 13.3. The molecule has 0 unspecified atom stereocenters. The van der Waals surface area contributed by atoms with E-state index in [9.17, 15) is 8.78 Å². The van der Waals surface area contributed by atoms with Crippen molar-refractivity contribution in [1.29, 1.82) is 0 Å². The molecule has 0 aliphatic rings. The van der Waals surface area contributed by atoms with Gasteiger partial charge in [-0.3, -0.25) is 4.98 Å². The third-order valence-corrected chi connectivity index (χ3v) is 3.68. The van der Waals surface area contributed by atoms with Crippen LogP contribution in [0.25, 0.3) is 33.5 Å². The van der Waals surface area contributed by atoms with Crippen molar-refractivity contribution in [2.24, 2.45) is 0 Å². The number of benzene rings is 2. The van der Waals surface area contributed by atoms with Crippen LogP contribution < -0.4 is 0 Å². The van der Waals surface area contributed by atoms with Crippen molar-refractivity contribution in [2.75, 3.05) is 0 Å². The fraction of sp³-hybridized carbons (Fsp3) is 0. The van der Waals surface area contributed by atoms with Gasteiger partial charge in [-0.2, -0.15) is 0 Å². The van der Waals surface area contributed by atoms with Gasteiger partial charge in [0.1, 0.15) is 5.82 Å². The molecule has 0 radical (unpaired) electrons. The monoisotopic (exact) mass is 307 g/mol. The zero-order valence-corrected chi connectivity index (χ0v) is 11.9. The molecule has 0 saturated carbocycles. The van der Waals surface area contributed by atoms with Crippen LogP contribution in [0.4, 0.5) is 8.78 Å². The number of halogens is 2. The second kappa shape index (κ2) is 5.28. The lowest BCUT2D eigenvalue weighted by Gasteiger charge is -2.02. The lowest BCUT2D eigenvalue weighted by atomic mass is 10.1. The molecule has 2 aromatic carbocycles. The van der Waals surface area contributed by atoms with Gasteiger partial charge in [0, 0.05) is 30.1 Å². The molecule has 0 bridgehead atoms. The van der Waals surface area contributed by atoms with E-state index in [2.05, 4.69) is 15.0 Å². The SMILES string of the molecule is Fc1cc2nc(-c3ccc(-c4cccnc4)cc3)[nH]c2cc1F. The first-order valence-electron chi connectivity index (χ1n) is 7.06. The summed E-state index contributed by atoms with van der Waals surface area (Å²) in [4.78, 5) is 11.4. The number of aromatic nitrogens is 3. The number of H-pyrrole nitrogens is 1. The molecule has 3 nitrogen and oxygen atoms in total. The number of hydrogen-bond acceptors (Lipinski definition) is 2. The van der Waals surface area contributed by atoms with Crippen LogP contribution in [0.1, 0.15) is 0 Å². The molecule has 0 fully saturated rings. The van der Waals surface area contributed by atoms with Gasteiger partial charge < -0.3 is 4.98 Å². The summed E-state index contributed by atoms with van der Waals surface area (Å²) in [6, 6.07) is 13.8. The molecule has 5 heteroatoms. The quantitative estimate of drug-likeness (QED) is 0.589. The van der Waals surface area contributed by atoms with E-state index in [4.69, 9.17) is 0 Å². The summed E-state index contributed by atoms with van der Waals surface area (Å²) in [5, 5.41) is 0. The topological polar surface area (TPSA) is 41.6 Å². The average molecular weight is 307 g/mol. The van der Waals surface area contributed by atoms with Crippen molar-refractivity contribution in [3.8, 4) is 22.5 Å². The van der Waals surface area contributed by atoms with Gasteiger partial charge in [-0.05, 0) is 17.2 Å². The van der Waals surface area contributed by atoms with E-state index in [1.807, 2.05) is 36.4 Å². The molecule has 4 aromatic rings. The molecule has 23 heavy (non-hydrogen) atoms. The fourth-order valence-corrected chi connectivity index (χ4v) is 2.50. The number of imidazole rings is 1. The van der Waals surface area contributed by atoms with E-state index >= 15 is 0 Å². The minimum Gasteiger partial charge on any atom is -0.338 e. The van der Waals surface area contributed by atoms with Crippen molar-refractivity contribution in [3.05, 3.63) is 72.6 Å². The maximum Gasteiger partial charge on any atom is 0.161 e. The molecular weight excluding hydrogens is 296 g/mol. The van der Waals surface area contributed by atoms with Gasteiger partial charge in [-0.25, -0.2) is 13.8 Å². The van der Waals surface area contributed by atoms with E-state index in [1.54, 1.807) is 12.4 Å². The summed E-state index contributed by atoms with van der Waals surface area (Å²) in [5.74, 6) is -1.22. The maximum absolute atomic E-state index is 13.3. The summed E-state index contributed by atoms with van der Waals surface area (Å²) < 4.78 is 26.5. The van der Waals surface area contributed by atoms with Crippen LogP contribution in [-0.4, -0.2) is 15.0 Å². The van der Waals surface area contributed by atoms with Crippen LogP contribution in [0.15, 0.2) is 60.9 Å². The number of fused-ring (bicyclic) bond motifs is 1. The summed E-state index contributed by atoms with van der Waals surface area (Å²) >= 11 is 0. The number of hydrogen-bond donors (Lipinski definition) is 1.